The fourth-order valence-corrected chi connectivity index (χ4v) is 11.8. The lowest BCUT2D eigenvalue weighted by Gasteiger charge is -2.42. The van der Waals surface area contributed by atoms with Gasteiger partial charge >= 0.3 is 5.97 Å². The van der Waals surface area contributed by atoms with Crippen LogP contribution in [-0.4, -0.2) is 58.5 Å². The molecular weight excluding hydrogens is 1320 g/mol. The molecule has 10 nitrogen and oxygen atoms in total. The van der Waals surface area contributed by atoms with Crippen molar-refractivity contribution in [3.63, 3.8) is 0 Å². The van der Waals surface area contributed by atoms with E-state index in [0.29, 0.717) is 106 Å². The minimum Gasteiger partial charge on any atom is -0.459 e. The first-order valence-corrected chi connectivity index (χ1v) is 31.9. The summed E-state index contributed by atoms with van der Waals surface area (Å²) in [7, 11) is 0. The van der Waals surface area contributed by atoms with Crippen LogP contribution in [0.5, 0.6) is 0 Å². The molecule has 0 unspecified atom stereocenters. The van der Waals surface area contributed by atoms with Crippen LogP contribution in [0.3, 0.4) is 0 Å². The summed E-state index contributed by atoms with van der Waals surface area (Å²) in [5.74, 6) is -0.340. The lowest BCUT2D eigenvalue weighted by molar-refractivity contribution is -0.117. The smallest absolute Gasteiger partial charge is 0.338 e. The second-order valence-corrected chi connectivity index (χ2v) is 26.0. The quantitative estimate of drug-likeness (QED) is 0.0795. The van der Waals surface area contributed by atoms with Crippen LogP contribution < -0.4 is 0 Å². The van der Waals surface area contributed by atoms with Crippen molar-refractivity contribution >= 4 is 105 Å². The summed E-state index contributed by atoms with van der Waals surface area (Å²) in [5.41, 5.74) is 3.36. The molecule has 0 spiro atoms. The predicted molar refractivity (Wildman–Crippen MR) is 355 cm³/mol. The molecule has 0 heterocycles. The minimum absolute atomic E-state index is 0.194. The third-order valence-corrected chi connectivity index (χ3v) is 17.9. The number of hydrogen-bond donors (Lipinski definition) is 2. The van der Waals surface area contributed by atoms with Gasteiger partial charge in [-0.25, -0.2) is 13.6 Å². The Kier molecular flexibility index (Phi) is 27.6. The Hall–Kier alpha value is -6.77. The maximum absolute atomic E-state index is 12.8. The van der Waals surface area contributed by atoms with Crippen LogP contribution >= 0.6 is 92.8 Å². The van der Waals surface area contributed by atoms with E-state index in [1.54, 1.807) is 121 Å². The number of esters is 1. The molecule has 5 aliphatic rings. The van der Waals surface area contributed by atoms with Crippen molar-refractivity contribution in [2.45, 2.75) is 128 Å². The lowest BCUT2D eigenvalue weighted by atomic mass is 9.63. The highest BCUT2D eigenvalue weighted by Gasteiger charge is 2.50. The number of carbonyl (C=O) groups excluding carboxylic acids is 2. The van der Waals surface area contributed by atoms with Crippen molar-refractivity contribution in [2.24, 2.45) is 0 Å². The fraction of sp³-hybridized carbons (Fsp3) is 0.310. The SMILES string of the molecule is ClCCl.N#CC1(c2ccc(Cl)cc2)CC(F)C1.N#CC1(c2ccc(Cl)cc2)CC(O)C1.N#CC1(c2ccc(Cl)cc2)CC(O)C1.N#CC1(c2ccc(Cl)cc2)CC(OC(=O)c2ccccc2)C1.N#CCc1ccc(Cl)cc1.O=CC1(c2ccc(Cl)cc2)CC(F)C1. The molecule has 5 aliphatic carbocycles. The number of rotatable bonds is 9. The second-order valence-electron chi connectivity index (χ2n) is 22.6. The maximum atomic E-state index is 12.8. The Morgan fingerprint density at radius 1 is 0.451 bits per heavy atom. The van der Waals surface area contributed by atoms with Gasteiger partial charge in [0.2, 0.25) is 0 Å². The first-order chi connectivity index (χ1) is 43.5. The molecule has 0 saturated heterocycles. The van der Waals surface area contributed by atoms with Gasteiger partial charge in [0.15, 0.2) is 0 Å². The molecule has 5 fully saturated rings. The molecule has 7 aromatic rings. The highest BCUT2D eigenvalue weighted by atomic mass is 35.5. The average Bonchev–Trinajstić information content (AvgIpc) is 0.848. The molecule has 12 rings (SSSR count). The van der Waals surface area contributed by atoms with Gasteiger partial charge in [0.25, 0.3) is 0 Å². The van der Waals surface area contributed by atoms with E-state index < -0.39 is 39.4 Å². The van der Waals surface area contributed by atoms with Gasteiger partial charge in [-0.3, -0.25) is 0 Å². The first-order valence-electron chi connectivity index (χ1n) is 28.6. The van der Waals surface area contributed by atoms with Crippen molar-refractivity contribution in [2.75, 3.05) is 5.34 Å². The van der Waals surface area contributed by atoms with Crippen molar-refractivity contribution in [1.82, 2.24) is 0 Å². The number of aliphatic hydroxyl groups excluding tert-OH is 2. The number of aldehydes is 1. The second kappa shape index (κ2) is 34.2. The zero-order valence-corrected chi connectivity index (χ0v) is 54.9. The van der Waals surface area contributed by atoms with Gasteiger partial charge in [0, 0.05) is 55.8 Å². The number of nitriles is 5. The Bertz CT molecular complexity index is 3510. The normalized spacial score (nSPS) is 25.6. The van der Waals surface area contributed by atoms with Crippen LogP contribution in [0.2, 0.25) is 30.1 Å². The van der Waals surface area contributed by atoms with E-state index in [0.717, 1.165) is 39.7 Å². The van der Waals surface area contributed by atoms with Crippen LogP contribution in [0.15, 0.2) is 176 Å². The number of hydrogen-bond acceptors (Lipinski definition) is 10. The standard InChI is InChI=1S/C18H14ClNO2.C11H9ClFN.C11H10ClFO.2C11H10ClNO.C8H6ClN.CH2Cl2/c19-15-8-6-14(7-9-15)18(12-20)10-16(11-18)22-17(21)13-4-2-1-3-5-13;2*12-9-3-1-8(2-4-9)11(7-14)5-10(13)6-11;2*12-9-3-1-8(2-4-9)11(7-13)5-10(14)6-11;9-8-3-1-7(2-4-8)5-6-10;2-1-3/h1-9,16H,10-11H2;1-4,10H,5-6H2;1-4,7,10H,5-6H2;2*1-4,10,14H,5-6H2;1-4H,5H2;1H2. The molecule has 0 atom stereocenters. The monoisotopic (exact) mass is 1380 g/mol. The molecule has 20 heteroatoms. The molecule has 0 aliphatic heterocycles. The van der Waals surface area contributed by atoms with E-state index in [9.17, 15) is 33.8 Å². The van der Waals surface area contributed by atoms with Gasteiger partial charge in [0.1, 0.15) is 24.7 Å². The van der Waals surface area contributed by atoms with E-state index in [2.05, 4.69) is 30.3 Å². The van der Waals surface area contributed by atoms with Crippen LogP contribution in [0, 0.1) is 56.7 Å². The third-order valence-electron chi connectivity index (χ3n) is 16.4. The fourth-order valence-electron chi connectivity index (χ4n) is 11.0. The van der Waals surface area contributed by atoms with Gasteiger partial charge < -0.3 is 19.7 Å². The van der Waals surface area contributed by atoms with Gasteiger partial charge in [-0.1, -0.05) is 161 Å². The lowest BCUT2D eigenvalue weighted by Crippen LogP contribution is -2.45. The van der Waals surface area contributed by atoms with Gasteiger partial charge in [-0.05, 0) is 157 Å². The molecule has 0 bridgehead atoms. The Morgan fingerprint density at radius 2 is 0.736 bits per heavy atom. The summed E-state index contributed by atoms with van der Waals surface area (Å²) >= 11 is 44.0. The largest absolute Gasteiger partial charge is 0.459 e. The third kappa shape index (κ3) is 19.6. The number of benzene rings is 7. The van der Waals surface area contributed by atoms with Crippen molar-refractivity contribution < 1.29 is 33.3 Å². The highest BCUT2D eigenvalue weighted by Crippen LogP contribution is 2.48. The molecule has 0 aromatic heterocycles. The van der Waals surface area contributed by atoms with E-state index in [1.807, 2.05) is 54.6 Å². The van der Waals surface area contributed by atoms with E-state index in [1.165, 1.54) is 0 Å². The number of aliphatic hydroxyl groups is 2. The number of ether oxygens (including phenoxy) is 1. The molecule has 0 radical (unpaired) electrons. The molecule has 470 valence electrons. The van der Waals surface area contributed by atoms with Gasteiger partial charge in [-0.15, -0.1) is 23.2 Å². The molecule has 2 N–H and O–H groups in total. The molecular formula is C71H61Cl8F2N5O5. The van der Waals surface area contributed by atoms with Crippen LogP contribution in [0.1, 0.15) is 108 Å². The molecule has 91 heavy (non-hydrogen) atoms. The van der Waals surface area contributed by atoms with Crippen molar-refractivity contribution in [3.8, 4) is 30.3 Å². The van der Waals surface area contributed by atoms with Crippen LogP contribution in [-0.2, 0) is 43.0 Å². The Morgan fingerprint density at radius 3 is 1.01 bits per heavy atom. The Labute approximate surface area is 569 Å². The van der Waals surface area contributed by atoms with Gasteiger partial charge in [-0.2, -0.15) is 26.3 Å². The summed E-state index contributed by atoms with van der Waals surface area (Å²) in [6.45, 7) is 0. The summed E-state index contributed by atoms with van der Waals surface area (Å²) in [6.07, 6.45) is 3.16. The zero-order valence-electron chi connectivity index (χ0n) is 48.8. The average molecular weight is 1390 g/mol. The van der Waals surface area contributed by atoms with Gasteiger partial charge in [0.05, 0.1) is 87.0 Å². The highest BCUT2D eigenvalue weighted by molar-refractivity contribution is 6.40. The van der Waals surface area contributed by atoms with E-state index in [-0.39, 0.29) is 29.6 Å². The van der Waals surface area contributed by atoms with Crippen LogP contribution in [0.25, 0.3) is 0 Å². The van der Waals surface area contributed by atoms with Crippen LogP contribution in [0.4, 0.5) is 8.78 Å². The molecule has 0 amide bonds. The summed E-state index contributed by atoms with van der Waals surface area (Å²) in [4.78, 5) is 22.9. The maximum Gasteiger partial charge on any atom is 0.338 e. The van der Waals surface area contributed by atoms with E-state index >= 15 is 0 Å². The number of carbonyl (C=O) groups is 2. The summed E-state index contributed by atoms with van der Waals surface area (Å²) in [5, 5.41) is 67.7. The van der Waals surface area contributed by atoms with E-state index in [4.69, 9.17) is 119 Å². The molecule has 7 aromatic carbocycles. The summed E-state index contributed by atoms with van der Waals surface area (Å²) in [6, 6.07) is 63.3. The zero-order chi connectivity index (χ0) is 66.4. The summed E-state index contributed by atoms with van der Waals surface area (Å²) < 4.78 is 31.0. The predicted octanol–water partition coefficient (Wildman–Crippen LogP) is 18.6. The number of halogens is 10. The number of alkyl halides is 4. The minimum atomic E-state index is -0.837. The first kappa shape index (κ1) is 73.3. The number of nitrogens with zero attached hydrogens (tertiary/aromatic N) is 5. The van der Waals surface area contributed by atoms with Crippen molar-refractivity contribution in [1.29, 1.82) is 26.3 Å². The van der Waals surface area contributed by atoms with Crippen molar-refractivity contribution in [3.05, 3.63) is 245 Å². The Balaban J connectivity index is 0.000000175. The topological polar surface area (TPSA) is 203 Å². The molecule has 5 saturated carbocycles.